The van der Waals surface area contributed by atoms with Gasteiger partial charge in [0.25, 0.3) is 5.56 Å². The molecule has 3 rings (SSSR count). The normalized spacial score (nSPS) is 28.8. The summed E-state index contributed by atoms with van der Waals surface area (Å²) in [5.74, 6) is 0.575. The minimum atomic E-state index is -0.383. The first-order valence-corrected chi connectivity index (χ1v) is 5.86. The predicted octanol–water partition coefficient (Wildman–Crippen LogP) is 1.00. The third kappa shape index (κ3) is 1.45. The Kier molecular flexibility index (Phi) is 2.07. The van der Waals surface area contributed by atoms with Crippen LogP contribution >= 0.6 is 0 Å². The van der Waals surface area contributed by atoms with Gasteiger partial charge in [-0.15, -0.1) is 0 Å². The molecule has 2 saturated carbocycles. The average molecular weight is 220 g/mol. The third-order valence-corrected chi connectivity index (χ3v) is 3.70. The molecule has 4 nitrogen and oxygen atoms in total. The molecule has 3 N–H and O–H groups in total. The van der Waals surface area contributed by atoms with Gasteiger partial charge in [0.1, 0.15) is 0 Å². The maximum atomic E-state index is 11.9. The number of rotatable bonds is 2. The van der Waals surface area contributed by atoms with Crippen molar-refractivity contribution < 1.29 is 5.11 Å². The highest BCUT2D eigenvalue weighted by Gasteiger charge is 2.33. The molecule has 2 aliphatic carbocycles. The topological polar surface area (TPSA) is 68.2 Å². The minimum Gasteiger partial charge on any atom is -0.394 e. The van der Waals surface area contributed by atoms with Gasteiger partial charge in [-0.3, -0.25) is 4.79 Å². The first kappa shape index (κ1) is 9.90. The van der Waals surface area contributed by atoms with Crippen molar-refractivity contribution in [3.63, 3.8) is 0 Å². The monoisotopic (exact) mass is 220 g/mol. The molecule has 2 aliphatic rings. The third-order valence-electron chi connectivity index (χ3n) is 3.70. The lowest BCUT2D eigenvalue weighted by Gasteiger charge is -2.34. The van der Waals surface area contributed by atoms with E-state index in [0.717, 1.165) is 18.4 Å². The van der Waals surface area contributed by atoms with E-state index in [0.29, 0.717) is 11.6 Å². The lowest BCUT2D eigenvalue weighted by atomic mass is 9.88. The molecule has 86 valence electrons. The van der Waals surface area contributed by atoms with Gasteiger partial charge in [0.2, 0.25) is 0 Å². The quantitative estimate of drug-likeness (QED) is 0.781. The number of pyridine rings is 1. The van der Waals surface area contributed by atoms with Crippen LogP contribution in [0.3, 0.4) is 0 Å². The van der Waals surface area contributed by atoms with Crippen molar-refractivity contribution >= 4 is 5.69 Å². The highest BCUT2D eigenvalue weighted by Crippen LogP contribution is 2.41. The van der Waals surface area contributed by atoms with Gasteiger partial charge in [0.05, 0.1) is 17.8 Å². The Morgan fingerprint density at radius 2 is 2.06 bits per heavy atom. The summed E-state index contributed by atoms with van der Waals surface area (Å²) < 4.78 is 1.64. The molecule has 0 aromatic carbocycles. The molecule has 0 saturated heterocycles. The van der Waals surface area contributed by atoms with Gasteiger partial charge in [0, 0.05) is 6.20 Å². The molecular formula is C12H16N2O2. The van der Waals surface area contributed by atoms with Crippen molar-refractivity contribution in [2.75, 3.05) is 5.73 Å². The molecule has 0 radical (unpaired) electrons. The molecular weight excluding hydrogens is 204 g/mol. The van der Waals surface area contributed by atoms with Crippen molar-refractivity contribution in [2.24, 2.45) is 0 Å². The molecule has 1 unspecified atom stereocenters. The van der Waals surface area contributed by atoms with Crippen LogP contribution in [0.5, 0.6) is 0 Å². The Hall–Kier alpha value is -1.29. The number of anilines is 1. The Bertz CT molecular complexity index is 476. The number of hydrogen-bond acceptors (Lipinski definition) is 3. The minimum absolute atomic E-state index is 0.0616. The molecule has 4 heteroatoms. The molecule has 0 bridgehead atoms. The van der Waals surface area contributed by atoms with Crippen LogP contribution in [0, 0.1) is 0 Å². The van der Waals surface area contributed by atoms with Gasteiger partial charge in [-0.1, -0.05) is 0 Å². The van der Waals surface area contributed by atoms with E-state index < -0.39 is 0 Å². The zero-order chi connectivity index (χ0) is 11.3. The number of nitrogens with zero attached hydrogens (tertiary/aromatic N) is 1. The second-order valence-electron chi connectivity index (χ2n) is 4.93. The van der Waals surface area contributed by atoms with Crippen LogP contribution in [0.15, 0.2) is 17.1 Å². The zero-order valence-corrected chi connectivity index (χ0v) is 9.10. The molecule has 0 amide bonds. The van der Waals surface area contributed by atoms with Gasteiger partial charge in [0.15, 0.2) is 0 Å². The standard InChI is InChI=1S/C12H16N2O2/c13-9-5-8(7-1-2-7)6-14(12(9)16)10-3-4-11(10)15/h5-7,10-11,15H,1-4,13H2/t10?,11-/m1/s1. The van der Waals surface area contributed by atoms with Crippen LogP contribution in [0.2, 0.25) is 0 Å². The smallest absolute Gasteiger partial charge is 0.274 e. The van der Waals surface area contributed by atoms with Crippen LogP contribution in [0.1, 0.15) is 43.2 Å². The summed E-state index contributed by atoms with van der Waals surface area (Å²) >= 11 is 0. The van der Waals surface area contributed by atoms with Crippen molar-refractivity contribution in [2.45, 2.75) is 43.7 Å². The number of aliphatic hydroxyl groups is 1. The van der Waals surface area contributed by atoms with Gasteiger partial charge in [-0.2, -0.15) is 0 Å². The summed E-state index contributed by atoms with van der Waals surface area (Å²) in [4.78, 5) is 11.9. The van der Waals surface area contributed by atoms with E-state index in [2.05, 4.69) is 0 Å². The van der Waals surface area contributed by atoms with Crippen molar-refractivity contribution in [1.82, 2.24) is 4.57 Å². The van der Waals surface area contributed by atoms with Gasteiger partial charge >= 0.3 is 0 Å². The Morgan fingerprint density at radius 1 is 1.31 bits per heavy atom. The Labute approximate surface area is 93.7 Å². The fourth-order valence-electron chi connectivity index (χ4n) is 2.32. The summed E-state index contributed by atoms with van der Waals surface area (Å²) in [7, 11) is 0. The maximum absolute atomic E-state index is 11.9. The van der Waals surface area contributed by atoms with Gasteiger partial charge in [-0.25, -0.2) is 0 Å². The van der Waals surface area contributed by atoms with Crippen LogP contribution < -0.4 is 11.3 Å². The van der Waals surface area contributed by atoms with E-state index in [1.807, 2.05) is 6.20 Å². The average Bonchev–Trinajstić information content (AvgIpc) is 3.05. The Balaban J connectivity index is 2.04. The molecule has 2 atom stereocenters. The molecule has 1 aromatic heterocycles. The largest absolute Gasteiger partial charge is 0.394 e. The van der Waals surface area contributed by atoms with Crippen molar-refractivity contribution in [3.05, 3.63) is 28.2 Å². The van der Waals surface area contributed by atoms with E-state index in [1.54, 1.807) is 10.6 Å². The van der Waals surface area contributed by atoms with E-state index in [9.17, 15) is 9.90 Å². The number of hydrogen-bond donors (Lipinski definition) is 2. The van der Waals surface area contributed by atoms with E-state index >= 15 is 0 Å². The fourth-order valence-corrected chi connectivity index (χ4v) is 2.32. The van der Waals surface area contributed by atoms with Gasteiger partial charge < -0.3 is 15.4 Å². The van der Waals surface area contributed by atoms with Crippen molar-refractivity contribution in [3.8, 4) is 0 Å². The Morgan fingerprint density at radius 3 is 2.56 bits per heavy atom. The van der Waals surface area contributed by atoms with E-state index in [1.165, 1.54) is 12.8 Å². The van der Waals surface area contributed by atoms with Crippen LogP contribution in [-0.2, 0) is 0 Å². The SMILES string of the molecule is Nc1cc(C2CC2)cn(C2CC[C@H]2O)c1=O. The summed E-state index contributed by atoms with van der Waals surface area (Å²) in [6.07, 6.45) is 5.53. The molecule has 2 fully saturated rings. The number of aliphatic hydroxyl groups excluding tert-OH is 1. The second kappa shape index (κ2) is 3.35. The van der Waals surface area contributed by atoms with Crippen molar-refractivity contribution in [1.29, 1.82) is 0 Å². The summed E-state index contributed by atoms with van der Waals surface area (Å²) in [5, 5.41) is 9.62. The highest BCUT2D eigenvalue weighted by atomic mass is 16.3. The van der Waals surface area contributed by atoms with Gasteiger partial charge in [-0.05, 0) is 43.2 Å². The molecule has 0 spiro atoms. The lowest BCUT2D eigenvalue weighted by Crippen LogP contribution is -2.39. The summed E-state index contributed by atoms with van der Waals surface area (Å²) in [6.45, 7) is 0. The first-order valence-electron chi connectivity index (χ1n) is 5.86. The van der Waals surface area contributed by atoms with Crippen LogP contribution in [-0.4, -0.2) is 15.8 Å². The lowest BCUT2D eigenvalue weighted by molar-refractivity contribution is 0.0299. The number of nitrogens with two attached hydrogens (primary N) is 1. The highest BCUT2D eigenvalue weighted by molar-refractivity contribution is 5.40. The maximum Gasteiger partial charge on any atom is 0.274 e. The first-order chi connectivity index (χ1) is 7.66. The predicted molar refractivity (Wildman–Crippen MR) is 61.4 cm³/mol. The van der Waals surface area contributed by atoms with E-state index in [4.69, 9.17) is 5.73 Å². The molecule has 1 aromatic rings. The summed E-state index contributed by atoms with van der Waals surface area (Å²) in [6, 6.07) is 1.73. The van der Waals surface area contributed by atoms with Crippen LogP contribution in [0.4, 0.5) is 5.69 Å². The molecule has 1 heterocycles. The number of aromatic nitrogens is 1. The molecule has 0 aliphatic heterocycles. The fraction of sp³-hybridized carbons (Fsp3) is 0.583. The molecule has 16 heavy (non-hydrogen) atoms. The summed E-state index contributed by atoms with van der Waals surface area (Å²) in [5.41, 5.74) is 7.03. The number of nitrogen functional groups attached to an aromatic ring is 1. The zero-order valence-electron chi connectivity index (χ0n) is 9.10. The second-order valence-corrected chi connectivity index (χ2v) is 4.93. The van der Waals surface area contributed by atoms with Crippen LogP contribution in [0.25, 0.3) is 0 Å². The van der Waals surface area contributed by atoms with E-state index in [-0.39, 0.29) is 17.7 Å².